The van der Waals surface area contributed by atoms with E-state index in [1.165, 1.54) is 0 Å². The maximum atomic E-state index is 12.6. The number of hydrogen-bond donors (Lipinski definition) is 1. The third-order valence-corrected chi connectivity index (χ3v) is 3.77. The van der Waals surface area contributed by atoms with Crippen LogP contribution in [-0.4, -0.2) is 44.4 Å². The average Bonchev–Trinajstić information content (AvgIpc) is 2.48. The van der Waals surface area contributed by atoms with Crippen molar-refractivity contribution in [3.05, 3.63) is 29.8 Å². The summed E-state index contributed by atoms with van der Waals surface area (Å²) in [6, 6.07) is 7.14. The summed E-state index contributed by atoms with van der Waals surface area (Å²) in [5.74, 6) is 0.680. The molecule has 0 radical (unpaired) electrons. The highest BCUT2D eigenvalue weighted by atomic mass is 19.4. The zero-order valence-electron chi connectivity index (χ0n) is 12.1. The van der Waals surface area contributed by atoms with Gasteiger partial charge in [0.15, 0.2) is 0 Å². The Morgan fingerprint density at radius 2 is 2.00 bits per heavy atom. The highest BCUT2D eigenvalue weighted by Crippen LogP contribution is 2.32. The predicted octanol–water partition coefficient (Wildman–Crippen LogP) is 2.98. The van der Waals surface area contributed by atoms with Crippen LogP contribution in [0.3, 0.4) is 0 Å². The molecule has 2 rings (SSSR count). The van der Waals surface area contributed by atoms with E-state index in [1.807, 2.05) is 24.3 Å². The number of nitrogens with zero attached hydrogens (tertiary/aromatic N) is 1. The van der Waals surface area contributed by atoms with E-state index in [1.54, 1.807) is 7.11 Å². The van der Waals surface area contributed by atoms with Gasteiger partial charge in [-0.15, -0.1) is 0 Å². The Balaban J connectivity index is 2.16. The van der Waals surface area contributed by atoms with Gasteiger partial charge in [-0.25, -0.2) is 0 Å². The maximum absolute atomic E-state index is 12.6. The molecule has 1 fully saturated rings. The summed E-state index contributed by atoms with van der Waals surface area (Å²) < 4.78 is 43.0. The molecule has 0 aliphatic carbocycles. The van der Waals surface area contributed by atoms with Crippen molar-refractivity contribution in [3.8, 4) is 5.75 Å². The summed E-state index contributed by atoms with van der Waals surface area (Å²) >= 11 is 0. The van der Waals surface area contributed by atoms with Crippen LogP contribution < -0.4 is 10.1 Å². The molecule has 1 heterocycles. The Morgan fingerprint density at radius 1 is 1.29 bits per heavy atom. The van der Waals surface area contributed by atoms with Gasteiger partial charge in [-0.2, -0.15) is 13.2 Å². The fraction of sp³-hybridized carbons (Fsp3) is 0.600. The highest BCUT2D eigenvalue weighted by Gasteiger charge is 2.31. The summed E-state index contributed by atoms with van der Waals surface area (Å²) in [7, 11) is 1.56. The van der Waals surface area contributed by atoms with Crippen LogP contribution >= 0.6 is 0 Å². The van der Waals surface area contributed by atoms with Crippen molar-refractivity contribution in [2.75, 3.05) is 33.3 Å². The minimum atomic E-state index is -4.12. The summed E-state index contributed by atoms with van der Waals surface area (Å²) in [5.41, 5.74) is 0.889. The molecule has 1 aromatic carbocycles. The fourth-order valence-corrected chi connectivity index (χ4v) is 2.70. The van der Waals surface area contributed by atoms with Crippen molar-refractivity contribution in [1.29, 1.82) is 0 Å². The van der Waals surface area contributed by atoms with Crippen LogP contribution in [0.1, 0.15) is 24.4 Å². The molecule has 1 atom stereocenters. The first kappa shape index (κ1) is 16.1. The summed E-state index contributed by atoms with van der Waals surface area (Å²) in [6.07, 6.45) is -4.80. The van der Waals surface area contributed by atoms with E-state index in [0.29, 0.717) is 5.75 Å². The van der Waals surface area contributed by atoms with E-state index in [4.69, 9.17) is 4.74 Å². The van der Waals surface area contributed by atoms with E-state index < -0.39 is 12.6 Å². The zero-order chi connectivity index (χ0) is 15.3. The van der Waals surface area contributed by atoms with Crippen LogP contribution in [0.15, 0.2) is 24.3 Å². The molecule has 0 spiro atoms. The second-order valence-corrected chi connectivity index (χ2v) is 5.23. The Kier molecular flexibility index (Phi) is 5.47. The molecule has 0 amide bonds. The first-order valence-electron chi connectivity index (χ1n) is 7.15. The molecule has 1 saturated heterocycles. The molecule has 0 saturated carbocycles. The number of halogens is 3. The minimum absolute atomic E-state index is 0.0800. The number of hydrogen-bond acceptors (Lipinski definition) is 3. The first-order chi connectivity index (χ1) is 9.99. The second-order valence-electron chi connectivity index (χ2n) is 5.23. The zero-order valence-corrected chi connectivity index (χ0v) is 12.1. The molecule has 1 aliphatic rings. The van der Waals surface area contributed by atoms with Gasteiger partial charge in [0.2, 0.25) is 0 Å². The molecule has 6 heteroatoms. The standard InChI is InChI=1S/C15H21F3N2O/c1-21-13-4-2-3-12(11-13)14(5-6-15(16,17)18)20-9-7-19-8-10-20/h2-4,11,14,19H,5-10H2,1H3/t14-/m0/s1. The monoisotopic (exact) mass is 302 g/mol. The molecule has 21 heavy (non-hydrogen) atoms. The number of piperazine rings is 1. The van der Waals surface area contributed by atoms with Crippen LogP contribution in [0.25, 0.3) is 0 Å². The lowest BCUT2D eigenvalue weighted by Gasteiger charge is -2.35. The van der Waals surface area contributed by atoms with Crippen LogP contribution in [0, 0.1) is 0 Å². The normalized spacial score (nSPS) is 18.5. The minimum Gasteiger partial charge on any atom is -0.497 e. The lowest BCUT2D eigenvalue weighted by molar-refractivity contribution is -0.138. The maximum Gasteiger partial charge on any atom is 0.389 e. The molecule has 1 aliphatic heterocycles. The van der Waals surface area contributed by atoms with Crippen molar-refractivity contribution < 1.29 is 17.9 Å². The largest absolute Gasteiger partial charge is 0.497 e. The van der Waals surface area contributed by atoms with E-state index in [2.05, 4.69) is 10.2 Å². The second kappa shape index (κ2) is 7.13. The highest BCUT2D eigenvalue weighted by molar-refractivity contribution is 5.30. The van der Waals surface area contributed by atoms with Gasteiger partial charge in [-0.3, -0.25) is 4.90 Å². The van der Waals surface area contributed by atoms with Crippen molar-refractivity contribution in [1.82, 2.24) is 10.2 Å². The quantitative estimate of drug-likeness (QED) is 0.905. The summed E-state index contributed by atoms with van der Waals surface area (Å²) in [5, 5.41) is 3.23. The molecular formula is C15H21F3N2O. The topological polar surface area (TPSA) is 24.5 Å². The van der Waals surface area contributed by atoms with Crippen molar-refractivity contribution >= 4 is 0 Å². The molecule has 1 N–H and O–H groups in total. The van der Waals surface area contributed by atoms with E-state index >= 15 is 0 Å². The van der Waals surface area contributed by atoms with E-state index in [9.17, 15) is 13.2 Å². The van der Waals surface area contributed by atoms with Crippen LogP contribution in [0.5, 0.6) is 5.75 Å². The Labute approximate surface area is 123 Å². The van der Waals surface area contributed by atoms with Crippen molar-refractivity contribution in [3.63, 3.8) is 0 Å². The van der Waals surface area contributed by atoms with Gasteiger partial charge in [0.25, 0.3) is 0 Å². The lowest BCUT2D eigenvalue weighted by atomic mass is 9.99. The van der Waals surface area contributed by atoms with Gasteiger partial charge in [0.1, 0.15) is 5.75 Å². The van der Waals surface area contributed by atoms with Crippen LogP contribution in [0.2, 0.25) is 0 Å². The van der Waals surface area contributed by atoms with E-state index in [0.717, 1.165) is 31.7 Å². The molecule has 118 valence electrons. The molecule has 0 bridgehead atoms. The number of benzene rings is 1. The SMILES string of the molecule is COc1cccc([C@H](CCC(F)(F)F)N2CCNCC2)c1. The Bertz CT molecular complexity index is 445. The van der Waals surface area contributed by atoms with Gasteiger partial charge in [-0.1, -0.05) is 12.1 Å². The molecule has 1 aromatic rings. The summed E-state index contributed by atoms with van der Waals surface area (Å²) in [6.45, 7) is 3.15. The lowest BCUT2D eigenvalue weighted by Crippen LogP contribution is -2.45. The Hall–Kier alpha value is -1.27. The number of nitrogens with one attached hydrogen (secondary N) is 1. The fourth-order valence-electron chi connectivity index (χ4n) is 2.70. The van der Waals surface area contributed by atoms with Gasteiger partial charge < -0.3 is 10.1 Å². The third-order valence-electron chi connectivity index (χ3n) is 3.77. The Morgan fingerprint density at radius 3 is 2.62 bits per heavy atom. The molecule has 0 aromatic heterocycles. The number of rotatable bonds is 5. The smallest absolute Gasteiger partial charge is 0.389 e. The van der Waals surface area contributed by atoms with Crippen LogP contribution in [0.4, 0.5) is 13.2 Å². The molecular weight excluding hydrogens is 281 g/mol. The molecule has 0 unspecified atom stereocenters. The average molecular weight is 302 g/mol. The predicted molar refractivity (Wildman–Crippen MR) is 75.5 cm³/mol. The van der Waals surface area contributed by atoms with E-state index in [-0.39, 0.29) is 12.5 Å². The first-order valence-corrected chi connectivity index (χ1v) is 7.15. The van der Waals surface area contributed by atoms with Gasteiger partial charge in [0, 0.05) is 38.6 Å². The number of ether oxygens (including phenoxy) is 1. The van der Waals surface area contributed by atoms with Crippen molar-refractivity contribution in [2.45, 2.75) is 25.1 Å². The number of methoxy groups -OCH3 is 1. The van der Waals surface area contributed by atoms with Gasteiger partial charge >= 0.3 is 6.18 Å². The number of alkyl halides is 3. The molecule has 3 nitrogen and oxygen atoms in total. The van der Waals surface area contributed by atoms with Gasteiger partial charge in [-0.05, 0) is 24.1 Å². The van der Waals surface area contributed by atoms with Crippen molar-refractivity contribution in [2.24, 2.45) is 0 Å². The van der Waals surface area contributed by atoms with Crippen LogP contribution in [-0.2, 0) is 0 Å². The third kappa shape index (κ3) is 4.89. The summed E-state index contributed by atoms with van der Waals surface area (Å²) in [4.78, 5) is 2.12. The van der Waals surface area contributed by atoms with Gasteiger partial charge in [0.05, 0.1) is 7.11 Å².